The largest absolute Gasteiger partial charge is 0.290 e. The topological polar surface area (TPSA) is 83.8 Å². The van der Waals surface area contributed by atoms with Crippen molar-refractivity contribution in [3.8, 4) is 12.3 Å². The lowest BCUT2D eigenvalue weighted by atomic mass is 10.4. The summed E-state index contributed by atoms with van der Waals surface area (Å²) in [7, 11) is -3.67. The molecule has 114 valence electrons. The normalized spacial score (nSPS) is 17.5. The van der Waals surface area contributed by atoms with Gasteiger partial charge in [0.15, 0.2) is 0 Å². The van der Waals surface area contributed by atoms with Crippen molar-refractivity contribution in [3.05, 3.63) is 21.1 Å². The average Bonchev–Trinajstić information content (AvgIpc) is 2.83. The molecule has 0 atom stereocenters. The van der Waals surface area contributed by atoms with E-state index in [0.717, 1.165) is 17.4 Å². The van der Waals surface area contributed by atoms with Crippen LogP contribution in [-0.4, -0.2) is 55.3 Å². The molecule has 0 saturated carbocycles. The molecule has 0 unspecified atom stereocenters. The second kappa shape index (κ2) is 6.11. The fourth-order valence-corrected chi connectivity index (χ4v) is 5.12. The Morgan fingerprint density at radius 2 is 2.05 bits per heavy atom. The van der Waals surface area contributed by atoms with Gasteiger partial charge in [0.25, 0.3) is 15.7 Å². The molecule has 0 bridgehead atoms. The zero-order chi connectivity index (χ0) is 15.6. The summed E-state index contributed by atoms with van der Waals surface area (Å²) in [6.07, 6.45) is 5.23. The van der Waals surface area contributed by atoms with Gasteiger partial charge in [0.1, 0.15) is 4.21 Å². The van der Waals surface area contributed by atoms with Gasteiger partial charge in [-0.2, -0.15) is 4.31 Å². The first-order valence-electron chi connectivity index (χ1n) is 6.27. The summed E-state index contributed by atoms with van der Waals surface area (Å²) in [6.45, 7) is 3.86. The van der Waals surface area contributed by atoms with E-state index in [2.05, 4.69) is 5.92 Å². The minimum atomic E-state index is -3.67. The van der Waals surface area contributed by atoms with Crippen LogP contribution in [0.1, 0.15) is 4.88 Å². The molecular formula is C12H15N3O4S2. The molecule has 2 heterocycles. The number of piperazine rings is 1. The summed E-state index contributed by atoms with van der Waals surface area (Å²) in [5.74, 6) is 2.53. The maximum atomic E-state index is 12.5. The van der Waals surface area contributed by atoms with E-state index < -0.39 is 14.9 Å². The summed E-state index contributed by atoms with van der Waals surface area (Å²) in [5.41, 5.74) is -0.149. The Kier molecular flexibility index (Phi) is 4.63. The molecule has 7 nitrogen and oxygen atoms in total. The monoisotopic (exact) mass is 329 g/mol. The molecule has 21 heavy (non-hydrogen) atoms. The second-order valence-electron chi connectivity index (χ2n) is 4.65. The molecule has 1 saturated heterocycles. The van der Waals surface area contributed by atoms with Crippen molar-refractivity contribution in [2.24, 2.45) is 0 Å². The summed E-state index contributed by atoms with van der Waals surface area (Å²) in [6, 6.07) is 1.14. The molecule has 0 amide bonds. The highest BCUT2D eigenvalue weighted by molar-refractivity contribution is 7.91. The SMILES string of the molecule is C#CCN1CCN(S(=O)(=O)c2cc([N+](=O)[O-])c(C)s2)CC1. The second-order valence-corrected chi connectivity index (χ2v) is 8.07. The third-order valence-corrected chi connectivity index (χ3v) is 6.69. The average molecular weight is 329 g/mol. The van der Waals surface area contributed by atoms with Crippen LogP contribution in [0.15, 0.2) is 10.3 Å². The highest BCUT2D eigenvalue weighted by atomic mass is 32.2. The molecular weight excluding hydrogens is 314 g/mol. The van der Waals surface area contributed by atoms with E-state index in [-0.39, 0.29) is 9.90 Å². The third kappa shape index (κ3) is 3.24. The molecule has 1 aromatic rings. The summed E-state index contributed by atoms with van der Waals surface area (Å²) < 4.78 is 26.4. The van der Waals surface area contributed by atoms with Gasteiger partial charge in [-0.25, -0.2) is 8.42 Å². The van der Waals surface area contributed by atoms with E-state index in [4.69, 9.17) is 6.42 Å². The van der Waals surface area contributed by atoms with Crippen LogP contribution in [0.25, 0.3) is 0 Å². The van der Waals surface area contributed by atoms with Gasteiger partial charge in [-0.1, -0.05) is 5.92 Å². The number of nitro groups is 1. The summed E-state index contributed by atoms with van der Waals surface area (Å²) in [4.78, 5) is 12.7. The quantitative estimate of drug-likeness (QED) is 0.466. The van der Waals surface area contributed by atoms with Crippen molar-refractivity contribution in [2.75, 3.05) is 32.7 Å². The molecule has 1 aromatic heterocycles. The molecule has 0 aromatic carbocycles. The van der Waals surface area contributed by atoms with Crippen LogP contribution in [0.4, 0.5) is 5.69 Å². The number of hydrogen-bond donors (Lipinski definition) is 0. The maximum Gasteiger partial charge on any atom is 0.284 e. The molecule has 2 rings (SSSR count). The van der Waals surface area contributed by atoms with Gasteiger partial charge in [-0.15, -0.1) is 17.8 Å². The standard InChI is InChI=1S/C12H15N3O4S2/c1-3-4-13-5-7-14(8-6-13)21(18,19)12-9-11(15(16)17)10(2)20-12/h1,9H,4-8H2,2H3. The number of thiophene rings is 1. The number of sulfonamides is 1. The predicted octanol–water partition coefficient (Wildman–Crippen LogP) is 0.904. The van der Waals surface area contributed by atoms with E-state index in [9.17, 15) is 18.5 Å². The number of hydrogen-bond acceptors (Lipinski definition) is 6. The predicted molar refractivity (Wildman–Crippen MR) is 79.7 cm³/mol. The molecule has 0 radical (unpaired) electrons. The first-order valence-corrected chi connectivity index (χ1v) is 8.52. The van der Waals surface area contributed by atoms with E-state index in [1.165, 1.54) is 4.31 Å². The Morgan fingerprint density at radius 1 is 1.43 bits per heavy atom. The van der Waals surface area contributed by atoms with Crippen LogP contribution in [0.3, 0.4) is 0 Å². The number of aryl methyl sites for hydroxylation is 1. The molecule has 1 fully saturated rings. The number of nitrogens with zero attached hydrogens (tertiary/aromatic N) is 3. The molecule has 0 N–H and O–H groups in total. The van der Waals surface area contributed by atoms with E-state index in [1.807, 2.05) is 4.90 Å². The Hall–Kier alpha value is -1.47. The lowest BCUT2D eigenvalue weighted by Crippen LogP contribution is -2.48. The van der Waals surface area contributed by atoms with Gasteiger partial charge in [0.05, 0.1) is 16.3 Å². The number of rotatable bonds is 4. The summed E-state index contributed by atoms with van der Waals surface area (Å²) >= 11 is 0.937. The number of terminal acetylenes is 1. The van der Waals surface area contributed by atoms with Gasteiger partial charge in [0.2, 0.25) is 0 Å². The maximum absolute atomic E-state index is 12.5. The van der Waals surface area contributed by atoms with Crippen LogP contribution >= 0.6 is 11.3 Å². The van der Waals surface area contributed by atoms with Gasteiger partial charge < -0.3 is 0 Å². The van der Waals surface area contributed by atoms with Crippen LogP contribution < -0.4 is 0 Å². The molecule has 1 aliphatic rings. The molecule has 0 spiro atoms. The van der Waals surface area contributed by atoms with E-state index in [0.29, 0.717) is 37.6 Å². The van der Waals surface area contributed by atoms with Crippen molar-refractivity contribution < 1.29 is 13.3 Å². The Bertz CT molecular complexity index is 682. The van der Waals surface area contributed by atoms with Crippen LogP contribution in [0.5, 0.6) is 0 Å². The van der Waals surface area contributed by atoms with Crippen LogP contribution in [0.2, 0.25) is 0 Å². The highest BCUT2D eigenvalue weighted by Crippen LogP contribution is 2.33. The van der Waals surface area contributed by atoms with Crippen molar-refractivity contribution in [3.63, 3.8) is 0 Å². The Labute approximate surface area is 127 Å². The Balaban J connectivity index is 2.18. The first kappa shape index (κ1) is 15.9. The molecule has 0 aliphatic carbocycles. The first-order chi connectivity index (χ1) is 9.86. The lowest BCUT2D eigenvalue weighted by Gasteiger charge is -2.32. The molecule has 1 aliphatic heterocycles. The smallest absolute Gasteiger partial charge is 0.284 e. The van der Waals surface area contributed by atoms with Crippen molar-refractivity contribution >= 4 is 27.0 Å². The zero-order valence-electron chi connectivity index (χ0n) is 11.5. The van der Waals surface area contributed by atoms with Crippen LogP contribution in [-0.2, 0) is 10.0 Å². The highest BCUT2D eigenvalue weighted by Gasteiger charge is 2.31. The van der Waals surface area contributed by atoms with Crippen molar-refractivity contribution in [2.45, 2.75) is 11.1 Å². The van der Waals surface area contributed by atoms with Gasteiger partial charge in [-0.3, -0.25) is 15.0 Å². The zero-order valence-corrected chi connectivity index (χ0v) is 13.1. The Morgan fingerprint density at radius 3 is 2.52 bits per heavy atom. The van der Waals surface area contributed by atoms with Gasteiger partial charge in [0, 0.05) is 32.2 Å². The van der Waals surface area contributed by atoms with Crippen molar-refractivity contribution in [1.29, 1.82) is 0 Å². The van der Waals surface area contributed by atoms with Crippen molar-refractivity contribution in [1.82, 2.24) is 9.21 Å². The lowest BCUT2D eigenvalue weighted by molar-refractivity contribution is -0.385. The minimum Gasteiger partial charge on any atom is -0.290 e. The molecule has 9 heteroatoms. The fourth-order valence-electron chi connectivity index (χ4n) is 2.14. The minimum absolute atomic E-state index is 0.0251. The third-order valence-electron chi connectivity index (χ3n) is 3.31. The fraction of sp³-hybridized carbons (Fsp3) is 0.500. The van der Waals surface area contributed by atoms with E-state index in [1.54, 1.807) is 6.92 Å². The van der Waals surface area contributed by atoms with Gasteiger partial charge >= 0.3 is 0 Å². The summed E-state index contributed by atoms with van der Waals surface area (Å²) in [5, 5.41) is 10.8. The van der Waals surface area contributed by atoms with Crippen LogP contribution in [0, 0.1) is 29.4 Å². The van der Waals surface area contributed by atoms with E-state index >= 15 is 0 Å². The van der Waals surface area contributed by atoms with Gasteiger partial charge in [-0.05, 0) is 6.92 Å².